The zero-order chi connectivity index (χ0) is 12.1. The van der Waals surface area contributed by atoms with Gasteiger partial charge >= 0.3 is 15.6 Å². The third kappa shape index (κ3) is 7.12. The fourth-order valence-electron chi connectivity index (χ4n) is 1.20. The Bertz CT molecular complexity index is 252. The van der Waals surface area contributed by atoms with Gasteiger partial charge in [-0.1, -0.05) is 6.42 Å². The average Bonchev–Trinajstić information content (AvgIpc) is 1.99. The molecule has 6 nitrogen and oxygen atoms in total. The molecule has 0 rings (SSSR count). The molecule has 0 saturated heterocycles. The van der Waals surface area contributed by atoms with Gasteiger partial charge in [-0.2, -0.15) is 4.89 Å². The molecule has 0 aromatic heterocycles. The first kappa shape index (κ1) is 15.2. The smallest absolute Gasteiger partial charge is 0.328 e. The highest BCUT2D eigenvalue weighted by Gasteiger charge is 2.44. The Morgan fingerprint density at radius 3 is 2.13 bits per heavy atom. The predicted octanol–water partition coefficient (Wildman–Crippen LogP) is 1.13. The maximum Gasteiger partial charge on any atom is 0.521 e. The van der Waals surface area contributed by atoms with Crippen LogP contribution in [0.25, 0.3) is 0 Å². The van der Waals surface area contributed by atoms with Crippen LogP contribution in [0, 0.1) is 0 Å². The molecule has 0 spiro atoms. The maximum absolute atomic E-state index is 10.8. The van der Waals surface area contributed by atoms with Gasteiger partial charge < -0.3 is 15.5 Å². The van der Waals surface area contributed by atoms with Gasteiger partial charge in [0.25, 0.3) is 5.40 Å². The summed E-state index contributed by atoms with van der Waals surface area (Å²) in [5.74, 6) is 0. The molecule has 0 aliphatic carbocycles. The van der Waals surface area contributed by atoms with Gasteiger partial charge in [-0.25, -0.2) is 0 Å². The van der Waals surface area contributed by atoms with Crippen LogP contribution in [-0.2, 0) is 9.13 Å². The molecule has 8 heteroatoms. The van der Waals surface area contributed by atoms with Crippen LogP contribution in [0.3, 0.4) is 0 Å². The number of hydrogen-bond acceptors (Lipinski definition) is 3. The fraction of sp³-hybridized carbons (Fsp3) is 1.00. The highest BCUT2D eigenvalue weighted by molar-refractivity contribution is 7.65. The summed E-state index contributed by atoms with van der Waals surface area (Å²) in [7, 11) is -7.29. The Labute approximate surface area is 89.9 Å². The van der Waals surface area contributed by atoms with Crippen LogP contribution < -0.4 is 5.73 Å². The van der Waals surface area contributed by atoms with E-state index in [0.717, 1.165) is 6.42 Å². The topological polar surface area (TPSA) is 121 Å². The normalized spacial score (nSPS) is 17.3. The van der Waals surface area contributed by atoms with Crippen molar-refractivity contribution < 1.29 is 23.8 Å². The van der Waals surface area contributed by atoms with Crippen LogP contribution in [0.1, 0.15) is 32.6 Å². The predicted molar refractivity (Wildman–Crippen MR) is 57.8 cm³/mol. The van der Waals surface area contributed by atoms with Crippen LogP contribution in [-0.4, -0.2) is 26.1 Å². The van der Waals surface area contributed by atoms with E-state index in [-0.39, 0.29) is 12.5 Å². The Morgan fingerprint density at radius 2 is 1.80 bits per heavy atom. The minimum atomic E-state index is -4.46. The third-order valence-electron chi connectivity index (χ3n) is 2.02. The second kappa shape index (κ2) is 6.69. The largest absolute Gasteiger partial charge is 0.521 e. The van der Waals surface area contributed by atoms with Gasteiger partial charge in [0.05, 0.1) is 0 Å². The summed E-state index contributed by atoms with van der Waals surface area (Å²) in [4.78, 5) is 26.3. The standard InChI is InChI=1S/C7H17NO5P2/c1-6(8)4-2-3-5-7(14(9)10)15(11,12)13/h6-7H,2-5,8H2,1H3,(H2-,9,10,11,12,13)/p+1. The van der Waals surface area contributed by atoms with E-state index >= 15 is 0 Å². The highest BCUT2D eigenvalue weighted by Crippen LogP contribution is 2.53. The Kier molecular flexibility index (Phi) is 6.76. The molecule has 0 radical (unpaired) electrons. The zero-order valence-corrected chi connectivity index (χ0v) is 10.4. The minimum absolute atomic E-state index is 0.0430. The van der Waals surface area contributed by atoms with Gasteiger partial charge in [0.2, 0.25) is 0 Å². The number of hydrogen-bond donors (Lipinski definition) is 4. The van der Waals surface area contributed by atoms with E-state index in [1.165, 1.54) is 0 Å². The van der Waals surface area contributed by atoms with Gasteiger partial charge in [0.15, 0.2) is 0 Å². The van der Waals surface area contributed by atoms with Crippen molar-refractivity contribution in [3.05, 3.63) is 0 Å². The Balaban J connectivity index is 4.00. The average molecular weight is 258 g/mol. The zero-order valence-electron chi connectivity index (χ0n) is 8.61. The summed E-state index contributed by atoms with van der Waals surface area (Å²) in [5, 5.41) is -1.43. The molecule has 0 aromatic carbocycles. The van der Waals surface area contributed by atoms with Gasteiger partial charge in [0, 0.05) is 12.5 Å². The molecular weight excluding hydrogens is 240 g/mol. The van der Waals surface area contributed by atoms with E-state index in [1.807, 2.05) is 6.92 Å². The van der Waals surface area contributed by atoms with Crippen LogP contribution in [0.2, 0.25) is 0 Å². The van der Waals surface area contributed by atoms with Crippen LogP contribution in [0.4, 0.5) is 0 Å². The van der Waals surface area contributed by atoms with Crippen molar-refractivity contribution in [2.75, 3.05) is 0 Å². The van der Waals surface area contributed by atoms with Gasteiger partial charge in [0.1, 0.15) is 0 Å². The molecular formula is C7H18NO5P2+. The van der Waals surface area contributed by atoms with Crippen molar-refractivity contribution in [2.45, 2.75) is 44.0 Å². The lowest BCUT2D eigenvalue weighted by Crippen LogP contribution is -2.14. The number of unbranched alkanes of at least 4 members (excludes halogenated alkanes) is 1. The molecule has 0 amide bonds. The second-order valence-electron chi connectivity index (χ2n) is 3.63. The van der Waals surface area contributed by atoms with E-state index in [4.69, 9.17) is 20.4 Å². The molecule has 0 saturated carbocycles. The van der Waals surface area contributed by atoms with Crippen molar-refractivity contribution in [3.63, 3.8) is 0 Å². The van der Waals surface area contributed by atoms with Crippen molar-refractivity contribution in [2.24, 2.45) is 5.73 Å². The third-order valence-corrected chi connectivity index (χ3v) is 5.31. The summed E-state index contributed by atoms with van der Waals surface area (Å²) in [5.41, 5.74) is 5.49. The lowest BCUT2D eigenvalue weighted by molar-refractivity contribution is 0.361. The molecule has 0 aromatic rings. The first-order valence-corrected chi connectivity index (χ1v) is 7.67. The molecule has 0 bridgehead atoms. The highest BCUT2D eigenvalue weighted by atomic mass is 31.2. The van der Waals surface area contributed by atoms with Crippen molar-refractivity contribution in [3.8, 4) is 0 Å². The summed E-state index contributed by atoms with van der Waals surface area (Å²) in [6, 6.07) is 0.0430. The summed E-state index contributed by atoms with van der Waals surface area (Å²) in [6.07, 6.45) is 2.01. The lowest BCUT2D eigenvalue weighted by atomic mass is 10.1. The van der Waals surface area contributed by atoms with E-state index in [0.29, 0.717) is 12.8 Å². The lowest BCUT2D eigenvalue weighted by Gasteiger charge is -2.07. The number of nitrogens with two attached hydrogens (primary N) is 1. The van der Waals surface area contributed by atoms with Crippen LogP contribution in [0.5, 0.6) is 0 Å². The first-order chi connectivity index (χ1) is 6.75. The van der Waals surface area contributed by atoms with Gasteiger partial charge in [-0.05, 0) is 24.3 Å². The second-order valence-corrected chi connectivity index (χ2v) is 7.07. The molecule has 0 heterocycles. The summed E-state index contributed by atoms with van der Waals surface area (Å²) in [6.45, 7) is 1.84. The van der Waals surface area contributed by atoms with Crippen molar-refractivity contribution in [1.29, 1.82) is 0 Å². The molecule has 15 heavy (non-hydrogen) atoms. The van der Waals surface area contributed by atoms with Crippen LogP contribution in [0.15, 0.2) is 0 Å². The van der Waals surface area contributed by atoms with E-state index < -0.39 is 21.0 Å². The van der Waals surface area contributed by atoms with Crippen molar-refractivity contribution in [1.82, 2.24) is 0 Å². The maximum atomic E-state index is 10.8. The molecule has 0 fully saturated rings. The summed E-state index contributed by atoms with van der Waals surface area (Å²) >= 11 is 0. The number of rotatable bonds is 7. The van der Waals surface area contributed by atoms with E-state index in [1.54, 1.807) is 0 Å². The quantitative estimate of drug-likeness (QED) is 0.401. The minimum Gasteiger partial charge on any atom is -0.328 e. The first-order valence-electron chi connectivity index (χ1n) is 4.71. The van der Waals surface area contributed by atoms with Gasteiger partial charge in [-0.15, -0.1) is 0 Å². The molecule has 90 valence electrons. The SMILES string of the molecule is CC(N)CCCCC([P+](=O)O)P(=O)(O)O. The van der Waals surface area contributed by atoms with Crippen molar-refractivity contribution >= 4 is 15.6 Å². The van der Waals surface area contributed by atoms with Crippen LogP contribution >= 0.6 is 15.6 Å². The molecule has 5 N–H and O–H groups in total. The van der Waals surface area contributed by atoms with E-state index in [2.05, 4.69) is 0 Å². The molecule has 0 aliphatic rings. The molecule has 3 atom stereocenters. The fourth-order valence-corrected chi connectivity index (χ4v) is 3.15. The Hall–Kier alpha value is 0.170. The monoisotopic (exact) mass is 258 g/mol. The molecule has 0 aliphatic heterocycles. The van der Waals surface area contributed by atoms with E-state index in [9.17, 15) is 9.13 Å². The van der Waals surface area contributed by atoms with Gasteiger partial charge in [-0.3, -0.25) is 4.57 Å². The Morgan fingerprint density at radius 1 is 1.33 bits per heavy atom. The summed E-state index contributed by atoms with van der Waals surface area (Å²) < 4.78 is 21.5. The molecule has 3 unspecified atom stereocenters.